The van der Waals surface area contributed by atoms with Gasteiger partial charge < -0.3 is 9.84 Å². The topological polar surface area (TPSA) is 29.5 Å². The van der Waals surface area contributed by atoms with Crippen LogP contribution in [-0.2, 0) is 24.2 Å². The normalized spacial score (nSPS) is 11.0. The Hall–Kier alpha value is -2.16. The van der Waals surface area contributed by atoms with E-state index < -0.39 is 0 Å². The Kier molecular flexibility index (Phi) is 5.41. The fourth-order valence-electron chi connectivity index (χ4n) is 2.99. The highest BCUT2D eigenvalue weighted by Crippen LogP contribution is 2.24. The monoisotopic (exact) mass is 306 g/mol. The van der Waals surface area contributed by atoms with E-state index >= 15 is 0 Å². The van der Waals surface area contributed by atoms with Crippen molar-refractivity contribution in [2.45, 2.75) is 19.4 Å². The molecule has 0 spiro atoms. The van der Waals surface area contributed by atoms with Gasteiger partial charge in [0.1, 0.15) is 0 Å². The van der Waals surface area contributed by atoms with Gasteiger partial charge in [-0.25, -0.2) is 0 Å². The second kappa shape index (κ2) is 7.91. The van der Waals surface area contributed by atoms with Crippen LogP contribution >= 0.6 is 0 Å². The van der Waals surface area contributed by atoms with Crippen LogP contribution in [0.4, 0.5) is 0 Å². The van der Waals surface area contributed by atoms with Crippen LogP contribution in [0.2, 0.25) is 0 Å². The van der Waals surface area contributed by atoms with Crippen molar-refractivity contribution in [1.82, 2.24) is 0 Å². The molecular weight excluding hydrogens is 284 g/mol. The van der Waals surface area contributed by atoms with Crippen LogP contribution in [0.25, 0.3) is 10.8 Å². The average Bonchev–Trinajstić information content (AvgIpc) is 2.60. The summed E-state index contributed by atoms with van der Waals surface area (Å²) >= 11 is 0. The zero-order chi connectivity index (χ0) is 15.9. The molecule has 0 aliphatic carbocycles. The average molecular weight is 306 g/mol. The van der Waals surface area contributed by atoms with Crippen LogP contribution in [-0.4, -0.2) is 18.3 Å². The van der Waals surface area contributed by atoms with Crippen molar-refractivity contribution in [1.29, 1.82) is 0 Å². The van der Waals surface area contributed by atoms with E-state index in [1.807, 2.05) is 18.2 Å². The number of aliphatic hydroxyl groups is 1. The van der Waals surface area contributed by atoms with E-state index in [1.165, 1.54) is 27.5 Å². The first-order chi connectivity index (χ1) is 11.4. The third-order valence-corrected chi connectivity index (χ3v) is 4.09. The van der Waals surface area contributed by atoms with Gasteiger partial charge in [0.15, 0.2) is 0 Å². The van der Waals surface area contributed by atoms with Crippen molar-refractivity contribution in [3.8, 4) is 0 Å². The van der Waals surface area contributed by atoms with Gasteiger partial charge in [0, 0.05) is 6.61 Å². The van der Waals surface area contributed by atoms with Gasteiger partial charge in [-0.05, 0) is 40.3 Å². The standard InChI is InChI=1S/C21H22O2/c22-14-12-19-10-4-8-18-9-5-11-20(21(18)19)13-15-23-16-17-6-2-1-3-7-17/h1-11,22H,12-16H2. The van der Waals surface area contributed by atoms with E-state index in [-0.39, 0.29) is 6.61 Å². The summed E-state index contributed by atoms with van der Waals surface area (Å²) in [5, 5.41) is 11.8. The fourth-order valence-corrected chi connectivity index (χ4v) is 2.99. The molecule has 0 unspecified atom stereocenters. The fraction of sp³-hybridized carbons (Fsp3) is 0.238. The van der Waals surface area contributed by atoms with Crippen LogP contribution in [0.3, 0.4) is 0 Å². The molecule has 1 N–H and O–H groups in total. The lowest BCUT2D eigenvalue weighted by Crippen LogP contribution is -2.01. The lowest BCUT2D eigenvalue weighted by molar-refractivity contribution is 0.124. The van der Waals surface area contributed by atoms with Gasteiger partial charge in [0.25, 0.3) is 0 Å². The molecule has 0 aliphatic heterocycles. The second-order valence-corrected chi connectivity index (χ2v) is 5.69. The first kappa shape index (κ1) is 15.7. The smallest absolute Gasteiger partial charge is 0.0717 e. The summed E-state index contributed by atoms with van der Waals surface area (Å²) in [5.41, 5.74) is 3.70. The lowest BCUT2D eigenvalue weighted by Gasteiger charge is -2.11. The molecule has 3 aromatic rings. The summed E-state index contributed by atoms with van der Waals surface area (Å²) in [7, 11) is 0. The van der Waals surface area contributed by atoms with Crippen molar-refractivity contribution in [2.24, 2.45) is 0 Å². The van der Waals surface area contributed by atoms with Crippen molar-refractivity contribution in [3.05, 3.63) is 83.4 Å². The van der Waals surface area contributed by atoms with E-state index in [4.69, 9.17) is 4.74 Å². The molecule has 2 nitrogen and oxygen atoms in total. The van der Waals surface area contributed by atoms with Gasteiger partial charge in [-0.2, -0.15) is 0 Å². The third kappa shape index (κ3) is 3.98. The highest BCUT2D eigenvalue weighted by atomic mass is 16.5. The van der Waals surface area contributed by atoms with Crippen LogP contribution in [0.1, 0.15) is 16.7 Å². The number of hydrogen-bond acceptors (Lipinski definition) is 2. The van der Waals surface area contributed by atoms with Crippen LogP contribution < -0.4 is 0 Å². The van der Waals surface area contributed by atoms with E-state index in [9.17, 15) is 5.11 Å². The van der Waals surface area contributed by atoms with Crippen LogP contribution in [0.5, 0.6) is 0 Å². The summed E-state index contributed by atoms with van der Waals surface area (Å²) in [5.74, 6) is 0. The highest BCUT2D eigenvalue weighted by molar-refractivity contribution is 5.89. The minimum atomic E-state index is 0.179. The molecule has 118 valence electrons. The van der Waals surface area contributed by atoms with E-state index in [0.717, 1.165) is 6.42 Å². The Morgan fingerprint density at radius 3 is 2.13 bits per heavy atom. The van der Waals surface area contributed by atoms with Crippen molar-refractivity contribution >= 4 is 10.8 Å². The summed E-state index contributed by atoms with van der Waals surface area (Å²) in [6, 6.07) is 22.9. The van der Waals surface area contributed by atoms with E-state index in [1.54, 1.807) is 0 Å². The molecular formula is C21H22O2. The Morgan fingerprint density at radius 1 is 0.739 bits per heavy atom. The number of aliphatic hydroxyl groups excluding tert-OH is 1. The first-order valence-electron chi connectivity index (χ1n) is 8.10. The van der Waals surface area contributed by atoms with Gasteiger partial charge in [0.05, 0.1) is 13.2 Å². The molecule has 0 radical (unpaired) electrons. The number of ether oxygens (including phenoxy) is 1. The Balaban J connectivity index is 1.70. The molecule has 23 heavy (non-hydrogen) atoms. The molecule has 0 amide bonds. The molecule has 2 heteroatoms. The number of rotatable bonds is 7. The zero-order valence-corrected chi connectivity index (χ0v) is 13.2. The molecule has 0 aliphatic rings. The summed E-state index contributed by atoms with van der Waals surface area (Å²) in [6.07, 6.45) is 1.58. The number of benzene rings is 3. The summed E-state index contributed by atoms with van der Waals surface area (Å²) < 4.78 is 5.82. The predicted octanol–water partition coefficient (Wildman–Crippen LogP) is 4.13. The van der Waals surface area contributed by atoms with Crippen molar-refractivity contribution < 1.29 is 9.84 Å². The van der Waals surface area contributed by atoms with Gasteiger partial charge in [0.2, 0.25) is 0 Å². The Labute approximate surface area is 137 Å². The molecule has 0 heterocycles. The highest BCUT2D eigenvalue weighted by Gasteiger charge is 2.06. The summed E-state index contributed by atoms with van der Waals surface area (Å²) in [4.78, 5) is 0. The zero-order valence-electron chi connectivity index (χ0n) is 13.2. The van der Waals surface area contributed by atoms with Crippen molar-refractivity contribution in [3.63, 3.8) is 0 Å². The predicted molar refractivity (Wildman–Crippen MR) is 94.5 cm³/mol. The molecule has 0 saturated carbocycles. The van der Waals surface area contributed by atoms with Gasteiger partial charge >= 0.3 is 0 Å². The van der Waals surface area contributed by atoms with Crippen molar-refractivity contribution in [2.75, 3.05) is 13.2 Å². The molecule has 3 aromatic carbocycles. The van der Waals surface area contributed by atoms with Gasteiger partial charge in [-0.3, -0.25) is 0 Å². The third-order valence-electron chi connectivity index (χ3n) is 4.09. The second-order valence-electron chi connectivity index (χ2n) is 5.69. The summed E-state index contributed by atoms with van der Waals surface area (Å²) in [6.45, 7) is 1.52. The molecule has 0 aromatic heterocycles. The lowest BCUT2D eigenvalue weighted by atomic mass is 9.96. The minimum Gasteiger partial charge on any atom is -0.396 e. The number of hydrogen-bond donors (Lipinski definition) is 1. The van der Waals surface area contributed by atoms with E-state index in [2.05, 4.69) is 48.5 Å². The molecule has 0 fully saturated rings. The Bertz CT molecular complexity index is 745. The largest absolute Gasteiger partial charge is 0.396 e. The Morgan fingerprint density at radius 2 is 1.43 bits per heavy atom. The van der Waals surface area contributed by atoms with Crippen LogP contribution in [0, 0.1) is 0 Å². The number of fused-ring (bicyclic) bond motifs is 1. The first-order valence-corrected chi connectivity index (χ1v) is 8.10. The van der Waals surface area contributed by atoms with E-state index in [0.29, 0.717) is 19.6 Å². The minimum absolute atomic E-state index is 0.179. The maximum atomic E-state index is 9.29. The molecule has 0 bridgehead atoms. The maximum Gasteiger partial charge on any atom is 0.0717 e. The molecule has 3 rings (SSSR count). The quantitative estimate of drug-likeness (QED) is 0.665. The molecule has 0 atom stereocenters. The SMILES string of the molecule is OCCc1cccc2cccc(CCOCc3ccccc3)c12. The van der Waals surface area contributed by atoms with Gasteiger partial charge in [-0.15, -0.1) is 0 Å². The van der Waals surface area contributed by atoms with Crippen LogP contribution in [0.15, 0.2) is 66.7 Å². The molecule has 0 saturated heterocycles. The maximum absolute atomic E-state index is 9.29. The van der Waals surface area contributed by atoms with Gasteiger partial charge in [-0.1, -0.05) is 66.7 Å².